The number of thiophene rings is 1. The number of nitrogens with one attached hydrogen (secondary N) is 1. The molecule has 0 saturated carbocycles. The fourth-order valence-electron chi connectivity index (χ4n) is 3.04. The van der Waals surface area contributed by atoms with Crippen LogP contribution in [0.1, 0.15) is 33.4 Å². The van der Waals surface area contributed by atoms with Gasteiger partial charge in [-0.05, 0) is 19.1 Å². The fraction of sp³-hybridized carbons (Fsp3) is 0.294. The van der Waals surface area contributed by atoms with Crippen molar-refractivity contribution in [2.45, 2.75) is 19.4 Å². The first kappa shape index (κ1) is 14.3. The Morgan fingerprint density at radius 2 is 2.26 bits per heavy atom. The number of rotatable bonds is 2. The average molecular weight is 327 g/mol. The molecule has 23 heavy (non-hydrogen) atoms. The number of amides is 1. The summed E-state index contributed by atoms with van der Waals surface area (Å²) in [5.74, 6) is 0.827. The van der Waals surface area contributed by atoms with Gasteiger partial charge < -0.3 is 10.1 Å². The molecular weight excluding hydrogens is 310 g/mol. The summed E-state index contributed by atoms with van der Waals surface area (Å²) in [5, 5.41) is 8.57. The second kappa shape index (κ2) is 5.38. The number of benzene rings is 1. The molecule has 1 aliphatic rings. The van der Waals surface area contributed by atoms with Crippen LogP contribution in [-0.4, -0.2) is 22.3 Å². The predicted molar refractivity (Wildman–Crippen MR) is 90.1 cm³/mol. The summed E-state index contributed by atoms with van der Waals surface area (Å²) in [6.45, 7) is 2.59. The van der Waals surface area contributed by atoms with E-state index in [-0.39, 0.29) is 11.9 Å². The van der Waals surface area contributed by atoms with Crippen LogP contribution in [0.5, 0.6) is 5.75 Å². The molecule has 3 heterocycles. The summed E-state index contributed by atoms with van der Waals surface area (Å²) in [6.07, 6.45) is 0.786. The number of nitrogens with zero attached hydrogens (tertiary/aromatic N) is 2. The van der Waals surface area contributed by atoms with Crippen molar-refractivity contribution in [1.29, 1.82) is 0 Å². The third kappa shape index (κ3) is 2.39. The molecule has 6 heteroatoms. The third-order valence-electron chi connectivity index (χ3n) is 4.18. The van der Waals surface area contributed by atoms with E-state index in [0.717, 1.165) is 38.5 Å². The smallest absolute Gasteiger partial charge is 0.261 e. The van der Waals surface area contributed by atoms with Gasteiger partial charge in [-0.2, -0.15) is 5.10 Å². The minimum atomic E-state index is -0.0349. The van der Waals surface area contributed by atoms with Crippen molar-refractivity contribution in [2.24, 2.45) is 7.05 Å². The molecule has 1 aromatic carbocycles. The van der Waals surface area contributed by atoms with Crippen LogP contribution >= 0.6 is 11.3 Å². The van der Waals surface area contributed by atoms with Crippen molar-refractivity contribution in [1.82, 2.24) is 15.1 Å². The molecule has 3 aromatic rings. The van der Waals surface area contributed by atoms with Gasteiger partial charge >= 0.3 is 0 Å². The van der Waals surface area contributed by atoms with E-state index in [0.29, 0.717) is 6.61 Å². The van der Waals surface area contributed by atoms with E-state index in [1.165, 1.54) is 11.3 Å². The first-order chi connectivity index (χ1) is 11.1. The minimum absolute atomic E-state index is 0.00289. The van der Waals surface area contributed by atoms with Crippen molar-refractivity contribution in [3.63, 3.8) is 0 Å². The van der Waals surface area contributed by atoms with Crippen LogP contribution in [0, 0.1) is 6.92 Å². The molecule has 1 unspecified atom stereocenters. The van der Waals surface area contributed by atoms with Crippen molar-refractivity contribution in [2.75, 3.05) is 6.61 Å². The number of aryl methyl sites for hydroxylation is 2. The highest BCUT2D eigenvalue weighted by atomic mass is 32.1. The van der Waals surface area contributed by atoms with Crippen molar-refractivity contribution < 1.29 is 9.53 Å². The SMILES string of the molecule is Cc1nn(C)c2sc(C(=O)NC3CCOc4ccccc43)cc12. The Morgan fingerprint density at radius 3 is 3.09 bits per heavy atom. The van der Waals surface area contributed by atoms with Crippen molar-refractivity contribution in [3.8, 4) is 5.75 Å². The molecule has 0 spiro atoms. The highest BCUT2D eigenvalue weighted by molar-refractivity contribution is 7.20. The molecule has 1 N–H and O–H groups in total. The van der Waals surface area contributed by atoms with Crippen molar-refractivity contribution in [3.05, 3.63) is 46.5 Å². The molecule has 0 aliphatic carbocycles. The normalized spacial score (nSPS) is 16.9. The van der Waals surface area contributed by atoms with E-state index in [9.17, 15) is 4.79 Å². The fourth-order valence-corrected chi connectivity index (χ4v) is 4.06. The number of fused-ring (bicyclic) bond motifs is 2. The summed E-state index contributed by atoms with van der Waals surface area (Å²) in [6, 6.07) is 9.81. The number of ether oxygens (including phenoxy) is 1. The lowest BCUT2D eigenvalue weighted by Gasteiger charge is -2.26. The maximum atomic E-state index is 12.6. The lowest BCUT2D eigenvalue weighted by Crippen LogP contribution is -2.31. The van der Waals surface area contributed by atoms with E-state index in [2.05, 4.69) is 10.4 Å². The van der Waals surface area contributed by atoms with E-state index in [1.807, 2.05) is 49.0 Å². The van der Waals surface area contributed by atoms with Gasteiger partial charge in [-0.25, -0.2) is 0 Å². The summed E-state index contributed by atoms with van der Waals surface area (Å²) in [7, 11) is 1.90. The second-order valence-electron chi connectivity index (χ2n) is 5.74. The highest BCUT2D eigenvalue weighted by Crippen LogP contribution is 2.33. The Balaban J connectivity index is 1.61. The molecule has 4 rings (SSSR count). The Labute approximate surface area is 137 Å². The molecule has 0 saturated heterocycles. The molecule has 5 nitrogen and oxygen atoms in total. The van der Waals surface area contributed by atoms with Crippen LogP contribution in [0.3, 0.4) is 0 Å². The maximum Gasteiger partial charge on any atom is 0.261 e. The van der Waals surface area contributed by atoms with Crippen LogP contribution in [0.25, 0.3) is 10.2 Å². The Morgan fingerprint density at radius 1 is 1.43 bits per heavy atom. The highest BCUT2D eigenvalue weighted by Gasteiger charge is 2.24. The zero-order valence-electron chi connectivity index (χ0n) is 13.0. The zero-order chi connectivity index (χ0) is 16.0. The lowest BCUT2D eigenvalue weighted by molar-refractivity contribution is 0.0929. The minimum Gasteiger partial charge on any atom is -0.493 e. The van der Waals surface area contributed by atoms with Gasteiger partial charge in [-0.3, -0.25) is 9.48 Å². The third-order valence-corrected chi connectivity index (χ3v) is 5.38. The summed E-state index contributed by atoms with van der Waals surface area (Å²) >= 11 is 1.48. The number of hydrogen-bond acceptors (Lipinski definition) is 4. The first-order valence-electron chi connectivity index (χ1n) is 7.59. The molecule has 118 valence electrons. The number of aromatic nitrogens is 2. The molecule has 1 amide bonds. The summed E-state index contributed by atoms with van der Waals surface area (Å²) in [4.78, 5) is 14.4. The zero-order valence-corrected chi connectivity index (χ0v) is 13.8. The molecule has 1 atom stereocenters. The van der Waals surface area contributed by atoms with E-state index < -0.39 is 0 Å². The molecular formula is C17H17N3O2S. The quantitative estimate of drug-likeness (QED) is 0.786. The predicted octanol–water partition coefficient (Wildman–Crippen LogP) is 3.20. The van der Waals surface area contributed by atoms with Crippen LogP contribution < -0.4 is 10.1 Å². The second-order valence-corrected chi connectivity index (χ2v) is 6.77. The van der Waals surface area contributed by atoms with Crippen LogP contribution in [0.2, 0.25) is 0 Å². The van der Waals surface area contributed by atoms with E-state index in [4.69, 9.17) is 4.74 Å². The van der Waals surface area contributed by atoms with Gasteiger partial charge in [0.05, 0.1) is 23.2 Å². The van der Waals surface area contributed by atoms with Crippen LogP contribution in [0.15, 0.2) is 30.3 Å². The standard InChI is InChI=1S/C17H17N3O2S/c1-10-12-9-15(23-17(12)20(2)19-10)16(21)18-13-7-8-22-14-6-4-3-5-11(13)14/h3-6,9,13H,7-8H2,1-2H3,(H,18,21). The van der Waals surface area contributed by atoms with Gasteiger partial charge in [0.25, 0.3) is 5.91 Å². The van der Waals surface area contributed by atoms with Crippen LogP contribution in [0.4, 0.5) is 0 Å². The van der Waals surface area contributed by atoms with Gasteiger partial charge in [-0.1, -0.05) is 18.2 Å². The van der Waals surface area contributed by atoms with Gasteiger partial charge in [-0.15, -0.1) is 11.3 Å². The maximum absolute atomic E-state index is 12.6. The largest absolute Gasteiger partial charge is 0.493 e. The van der Waals surface area contributed by atoms with Gasteiger partial charge in [0.15, 0.2) is 0 Å². The molecule has 0 bridgehead atoms. The number of para-hydroxylation sites is 1. The van der Waals surface area contributed by atoms with Gasteiger partial charge in [0, 0.05) is 24.4 Å². The number of hydrogen-bond donors (Lipinski definition) is 1. The average Bonchev–Trinajstić information content (AvgIpc) is 3.10. The molecule has 0 fully saturated rings. The lowest BCUT2D eigenvalue weighted by atomic mass is 10.0. The Kier molecular flexibility index (Phi) is 3.34. The summed E-state index contributed by atoms with van der Waals surface area (Å²) < 4.78 is 7.48. The van der Waals surface area contributed by atoms with Gasteiger partial charge in [0.2, 0.25) is 0 Å². The summed E-state index contributed by atoms with van der Waals surface area (Å²) in [5.41, 5.74) is 2.00. The number of carbonyl (C=O) groups excluding carboxylic acids is 1. The molecule has 0 radical (unpaired) electrons. The number of carbonyl (C=O) groups is 1. The van der Waals surface area contributed by atoms with Gasteiger partial charge in [0.1, 0.15) is 10.6 Å². The van der Waals surface area contributed by atoms with Crippen molar-refractivity contribution >= 4 is 27.5 Å². The topological polar surface area (TPSA) is 56.2 Å². The Bertz CT molecular complexity index is 862. The van der Waals surface area contributed by atoms with E-state index in [1.54, 1.807) is 0 Å². The first-order valence-corrected chi connectivity index (χ1v) is 8.41. The Hall–Kier alpha value is -2.34. The van der Waals surface area contributed by atoms with Crippen LogP contribution in [-0.2, 0) is 7.05 Å². The monoisotopic (exact) mass is 327 g/mol. The molecule has 1 aliphatic heterocycles. The molecule has 2 aromatic heterocycles. The van der Waals surface area contributed by atoms with E-state index >= 15 is 0 Å².